The number of hydrogen-bond acceptors (Lipinski definition) is 7. The Morgan fingerprint density at radius 1 is 1.55 bits per heavy atom. The summed E-state index contributed by atoms with van der Waals surface area (Å²) >= 11 is 0. The van der Waals surface area contributed by atoms with Crippen LogP contribution < -0.4 is 11.2 Å². The number of nitrogens with one attached hydrogen (secondary N) is 1. The Kier molecular flexibility index (Phi) is 3.65. The Hall–Kier alpha value is -2.11. The van der Waals surface area contributed by atoms with E-state index in [0.29, 0.717) is 10.8 Å². The van der Waals surface area contributed by atoms with E-state index in [1.54, 1.807) is 4.98 Å². The minimum atomic E-state index is -2.09. The van der Waals surface area contributed by atoms with Crippen LogP contribution in [-0.2, 0) is 4.74 Å². The van der Waals surface area contributed by atoms with Gasteiger partial charge in [-0.25, -0.2) is 9.18 Å². The standard InChI is InChI=1S/C9H10FN3O7/c10-5-6(15)4(2-14)20-8(5)12-1-3(13(18)19)7(16)11-9(12)17/h1,4-6,8,14-15H,2H2,(H,11,16,17)/t4-,5+,6-,8-/m1/s1. The van der Waals surface area contributed by atoms with Gasteiger partial charge in [-0.15, -0.1) is 0 Å². The molecule has 0 amide bonds. The molecule has 2 heterocycles. The molecule has 0 aromatic carbocycles. The van der Waals surface area contributed by atoms with E-state index in [4.69, 9.17) is 9.84 Å². The fourth-order valence-electron chi connectivity index (χ4n) is 1.87. The van der Waals surface area contributed by atoms with Crippen LogP contribution in [0.1, 0.15) is 6.23 Å². The Balaban J connectivity index is 2.48. The zero-order valence-electron chi connectivity index (χ0n) is 9.80. The van der Waals surface area contributed by atoms with Gasteiger partial charge in [-0.2, -0.15) is 0 Å². The van der Waals surface area contributed by atoms with Crippen LogP contribution in [0.25, 0.3) is 0 Å². The number of aliphatic hydroxyl groups is 2. The molecule has 1 aliphatic heterocycles. The van der Waals surface area contributed by atoms with Crippen molar-refractivity contribution < 1.29 is 24.3 Å². The third kappa shape index (κ3) is 2.21. The normalized spacial score (nSPS) is 29.6. The Morgan fingerprint density at radius 2 is 2.20 bits per heavy atom. The van der Waals surface area contributed by atoms with Gasteiger partial charge in [-0.1, -0.05) is 0 Å². The lowest BCUT2D eigenvalue weighted by Crippen LogP contribution is -2.36. The van der Waals surface area contributed by atoms with E-state index in [-0.39, 0.29) is 0 Å². The number of halogens is 1. The molecule has 3 N–H and O–H groups in total. The fraction of sp³-hybridized carbons (Fsp3) is 0.556. The molecule has 0 radical (unpaired) electrons. The highest BCUT2D eigenvalue weighted by atomic mass is 19.1. The average Bonchev–Trinajstić information content (AvgIpc) is 2.66. The first kappa shape index (κ1) is 14.3. The van der Waals surface area contributed by atoms with E-state index >= 15 is 0 Å². The second-order valence-electron chi connectivity index (χ2n) is 4.12. The highest BCUT2D eigenvalue weighted by Crippen LogP contribution is 2.30. The van der Waals surface area contributed by atoms with E-state index in [1.165, 1.54) is 0 Å². The molecule has 2 rings (SSSR count). The Labute approximate surface area is 109 Å². The molecule has 1 aliphatic rings. The minimum absolute atomic E-state index is 0.461. The highest BCUT2D eigenvalue weighted by molar-refractivity contribution is 5.21. The average molecular weight is 291 g/mol. The summed E-state index contributed by atoms with van der Waals surface area (Å²) in [7, 11) is 0. The molecule has 0 spiro atoms. The molecule has 110 valence electrons. The number of ether oxygens (including phenoxy) is 1. The smallest absolute Gasteiger partial charge is 0.350 e. The van der Waals surface area contributed by atoms with Gasteiger partial charge in [0.05, 0.1) is 17.7 Å². The molecule has 1 saturated heterocycles. The van der Waals surface area contributed by atoms with E-state index in [1.807, 2.05) is 0 Å². The SMILES string of the molecule is O=c1[nH]c(=O)n([C@@H]2O[C@H](CO)[C@@H](O)[C@@H]2F)cc1[N+](=O)[O-]. The van der Waals surface area contributed by atoms with Crippen molar-refractivity contribution >= 4 is 5.69 Å². The first-order valence-electron chi connectivity index (χ1n) is 5.45. The van der Waals surface area contributed by atoms with Gasteiger partial charge < -0.3 is 14.9 Å². The summed E-state index contributed by atoms with van der Waals surface area (Å²) < 4.78 is 19.2. The number of nitrogens with zero attached hydrogens (tertiary/aromatic N) is 2. The van der Waals surface area contributed by atoms with Crippen molar-refractivity contribution in [1.82, 2.24) is 9.55 Å². The molecule has 0 aliphatic carbocycles. The number of hydrogen-bond donors (Lipinski definition) is 3. The van der Waals surface area contributed by atoms with Gasteiger partial charge in [-0.05, 0) is 0 Å². The number of H-pyrrole nitrogens is 1. The van der Waals surface area contributed by atoms with Crippen LogP contribution >= 0.6 is 0 Å². The lowest BCUT2D eigenvalue weighted by atomic mass is 10.1. The number of aromatic nitrogens is 2. The van der Waals surface area contributed by atoms with Crippen molar-refractivity contribution in [2.45, 2.75) is 24.6 Å². The molecule has 0 saturated carbocycles. The third-order valence-electron chi connectivity index (χ3n) is 2.89. The number of aromatic amines is 1. The molecule has 11 heteroatoms. The predicted molar refractivity (Wildman–Crippen MR) is 59.9 cm³/mol. The Bertz CT molecular complexity index is 641. The molecular formula is C9H10FN3O7. The van der Waals surface area contributed by atoms with E-state index in [2.05, 4.69) is 0 Å². The molecule has 10 nitrogen and oxygen atoms in total. The summed E-state index contributed by atoms with van der Waals surface area (Å²) in [6, 6.07) is 0. The molecule has 1 aromatic rings. The number of rotatable bonds is 3. The maximum absolute atomic E-state index is 13.8. The van der Waals surface area contributed by atoms with Crippen molar-refractivity contribution in [3.63, 3.8) is 0 Å². The van der Waals surface area contributed by atoms with Crippen molar-refractivity contribution in [3.8, 4) is 0 Å². The zero-order chi connectivity index (χ0) is 15.0. The minimum Gasteiger partial charge on any atom is -0.394 e. The zero-order valence-corrected chi connectivity index (χ0v) is 9.80. The molecule has 20 heavy (non-hydrogen) atoms. The Morgan fingerprint density at radius 3 is 2.70 bits per heavy atom. The van der Waals surface area contributed by atoms with E-state index in [9.17, 15) is 29.2 Å². The largest absolute Gasteiger partial charge is 0.394 e. The summed E-state index contributed by atoms with van der Waals surface area (Å²) in [6.45, 7) is -0.696. The van der Waals surface area contributed by atoms with Crippen LogP contribution in [0.15, 0.2) is 15.8 Å². The summed E-state index contributed by atoms with van der Waals surface area (Å²) in [5.74, 6) is 0. The van der Waals surface area contributed by atoms with E-state index < -0.39 is 53.1 Å². The molecule has 1 fully saturated rings. The maximum atomic E-state index is 13.8. The van der Waals surface area contributed by atoms with Crippen LogP contribution in [0, 0.1) is 10.1 Å². The van der Waals surface area contributed by atoms with Crippen molar-refractivity contribution in [2.24, 2.45) is 0 Å². The highest BCUT2D eigenvalue weighted by Gasteiger charge is 2.45. The molecule has 0 bridgehead atoms. The van der Waals surface area contributed by atoms with Gasteiger partial charge in [0.1, 0.15) is 12.2 Å². The predicted octanol–water partition coefficient (Wildman–Crippen LogP) is -1.97. The van der Waals surface area contributed by atoms with Gasteiger partial charge >= 0.3 is 16.9 Å². The number of alkyl halides is 1. The van der Waals surface area contributed by atoms with Crippen LogP contribution in [0.3, 0.4) is 0 Å². The van der Waals surface area contributed by atoms with Crippen LogP contribution in [-0.4, -0.2) is 49.7 Å². The monoisotopic (exact) mass is 291 g/mol. The molecule has 1 aromatic heterocycles. The van der Waals surface area contributed by atoms with Crippen molar-refractivity contribution in [3.05, 3.63) is 37.1 Å². The molecule has 4 atom stereocenters. The quantitative estimate of drug-likeness (QED) is 0.432. The van der Waals surface area contributed by atoms with Gasteiger partial charge in [0.2, 0.25) is 0 Å². The second-order valence-corrected chi connectivity index (χ2v) is 4.12. The fourth-order valence-corrected chi connectivity index (χ4v) is 1.87. The lowest BCUT2D eigenvalue weighted by Gasteiger charge is -2.15. The summed E-state index contributed by atoms with van der Waals surface area (Å²) in [5, 5.41) is 28.9. The van der Waals surface area contributed by atoms with Crippen molar-refractivity contribution in [2.75, 3.05) is 6.61 Å². The first-order valence-corrected chi connectivity index (χ1v) is 5.45. The second kappa shape index (κ2) is 5.11. The number of aliphatic hydroxyl groups excluding tert-OH is 2. The van der Waals surface area contributed by atoms with Gasteiger partial charge in [0, 0.05) is 0 Å². The van der Waals surface area contributed by atoms with Gasteiger partial charge in [0.15, 0.2) is 12.4 Å². The topological polar surface area (TPSA) is 148 Å². The molecular weight excluding hydrogens is 281 g/mol. The number of nitro groups is 1. The lowest BCUT2D eigenvalue weighted by molar-refractivity contribution is -0.387. The summed E-state index contributed by atoms with van der Waals surface area (Å²) in [4.78, 5) is 33.9. The first-order chi connectivity index (χ1) is 9.36. The van der Waals surface area contributed by atoms with Crippen LogP contribution in [0.5, 0.6) is 0 Å². The van der Waals surface area contributed by atoms with E-state index in [0.717, 1.165) is 0 Å². The van der Waals surface area contributed by atoms with Crippen LogP contribution in [0.2, 0.25) is 0 Å². The van der Waals surface area contributed by atoms with Crippen molar-refractivity contribution in [1.29, 1.82) is 0 Å². The maximum Gasteiger partial charge on any atom is 0.350 e. The summed E-state index contributed by atoms with van der Waals surface area (Å²) in [6.07, 6.45) is -6.19. The van der Waals surface area contributed by atoms with Gasteiger partial charge in [0.25, 0.3) is 0 Å². The van der Waals surface area contributed by atoms with Gasteiger partial charge in [-0.3, -0.25) is 24.5 Å². The summed E-state index contributed by atoms with van der Waals surface area (Å²) in [5.41, 5.74) is -3.33. The third-order valence-corrected chi connectivity index (χ3v) is 2.89. The molecule has 0 unspecified atom stereocenters. The van der Waals surface area contributed by atoms with Crippen LogP contribution in [0.4, 0.5) is 10.1 Å².